The Hall–Kier alpha value is -0.300. The van der Waals surface area contributed by atoms with Crippen molar-refractivity contribution in [2.24, 2.45) is 0 Å². The molecule has 1 saturated heterocycles. The van der Waals surface area contributed by atoms with E-state index in [2.05, 4.69) is 17.6 Å². The minimum absolute atomic E-state index is 0.388. The first kappa shape index (κ1) is 10.2. The van der Waals surface area contributed by atoms with E-state index in [1.54, 1.807) is 0 Å². The zero-order chi connectivity index (χ0) is 9.86. The molecule has 0 aromatic heterocycles. The minimum Gasteiger partial charge on any atom is -0.294 e. The van der Waals surface area contributed by atoms with E-state index >= 15 is 0 Å². The van der Waals surface area contributed by atoms with Gasteiger partial charge < -0.3 is 0 Å². The molecule has 1 aliphatic carbocycles. The van der Waals surface area contributed by atoms with Crippen LogP contribution in [0.1, 0.15) is 51.4 Å². The Morgan fingerprint density at radius 3 is 2.00 bits per heavy atom. The Labute approximate surface area is 88.2 Å². The van der Waals surface area contributed by atoms with Crippen LogP contribution < -0.4 is 0 Å². The van der Waals surface area contributed by atoms with Gasteiger partial charge in [-0.05, 0) is 38.8 Å². The lowest BCUT2D eigenvalue weighted by Gasteiger charge is -2.46. The highest BCUT2D eigenvalue weighted by molar-refractivity contribution is 5.06. The van der Waals surface area contributed by atoms with Crippen LogP contribution in [0, 0.1) is 0 Å². The van der Waals surface area contributed by atoms with Crippen LogP contribution in [0.4, 0.5) is 0 Å². The second-order valence-corrected chi connectivity index (χ2v) is 4.92. The molecule has 0 aromatic rings. The molecular weight excluding hydrogens is 170 g/mol. The normalized spacial score (nSPS) is 28.6. The van der Waals surface area contributed by atoms with Crippen LogP contribution in [0.5, 0.6) is 0 Å². The lowest BCUT2D eigenvalue weighted by Crippen LogP contribution is -2.50. The van der Waals surface area contributed by atoms with Gasteiger partial charge in [0.2, 0.25) is 0 Å². The highest BCUT2D eigenvalue weighted by Crippen LogP contribution is 2.36. The Kier molecular flexibility index (Phi) is 3.27. The van der Waals surface area contributed by atoms with Crippen LogP contribution >= 0.6 is 0 Å². The van der Waals surface area contributed by atoms with Crippen molar-refractivity contribution in [2.75, 3.05) is 13.1 Å². The van der Waals surface area contributed by atoms with Crippen molar-refractivity contribution in [1.29, 1.82) is 0 Å². The maximum atomic E-state index is 4.09. The van der Waals surface area contributed by atoms with E-state index in [9.17, 15) is 0 Å². The summed E-state index contributed by atoms with van der Waals surface area (Å²) in [6, 6.07) is 0. The van der Waals surface area contributed by atoms with E-state index in [0.29, 0.717) is 5.54 Å². The Morgan fingerprint density at radius 2 is 1.43 bits per heavy atom. The predicted molar refractivity (Wildman–Crippen MR) is 61.4 cm³/mol. The summed E-state index contributed by atoms with van der Waals surface area (Å²) < 4.78 is 0. The highest BCUT2D eigenvalue weighted by Gasteiger charge is 2.35. The molecule has 0 bridgehead atoms. The number of likely N-dealkylation sites (tertiary alicyclic amines) is 1. The number of rotatable bonds is 2. The molecule has 2 aliphatic rings. The summed E-state index contributed by atoms with van der Waals surface area (Å²) in [4.78, 5) is 2.71. The van der Waals surface area contributed by atoms with Gasteiger partial charge in [0, 0.05) is 5.54 Å². The third-order valence-corrected chi connectivity index (χ3v) is 4.09. The van der Waals surface area contributed by atoms with Gasteiger partial charge in [0.1, 0.15) is 0 Å². The third-order valence-electron chi connectivity index (χ3n) is 4.09. The first-order valence-corrected chi connectivity index (χ1v) is 6.26. The molecule has 1 heteroatoms. The van der Waals surface area contributed by atoms with Gasteiger partial charge in [0.15, 0.2) is 0 Å². The largest absolute Gasteiger partial charge is 0.294 e. The number of piperidine rings is 1. The van der Waals surface area contributed by atoms with Crippen molar-refractivity contribution in [3.8, 4) is 0 Å². The van der Waals surface area contributed by atoms with Crippen molar-refractivity contribution in [3.63, 3.8) is 0 Å². The van der Waals surface area contributed by atoms with Gasteiger partial charge in [-0.25, -0.2) is 0 Å². The van der Waals surface area contributed by atoms with Gasteiger partial charge >= 0.3 is 0 Å². The van der Waals surface area contributed by atoms with Gasteiger partial charge in [0.05, 0.1) is 0 Å². The molecule has 1 heterocycles. The van der Waals surface area contributed by atoms with E-state index < -0.39 is 0 Å². The SMILES string of the molecule is C=CC1(N2CCCCC2)CCCCC1. The molecule has 2 fully saturated rings. The molecule has 0 unspecified atom stereocenters. The lowest BCUT2D eigenvalue weighted by molar-refractivity contribution is 0.0720. The summed E-state index contributed by atoms with van der Waals surface area (Å²) in [5.41, 5.74) is 0.388. The first-order chi connectivity index (χ1) is 6.87. The van der Waals surface area contributed by atoms with Crippen molar-refractivity contribution >= 4 is 0 Å². The van der Waals surface area contributed by atoms with Crippen LogP contribution in [0.3, 0.4) is 0 Å². The van der Waals surface area contributed by atoms with E-state index in [4.69, 9.17) is 0 Å². The molecule has 0 amide bonds. The molecule has 0 radical (unpaired) electrons. The highest BCUT2D eigenvalue weighted by atomic mass is 15.2. The van der Waals surface area contributed by atoms with Crippen molar-refractivity contribution in [1.82, 2.24) is 4.90 Å². The van der Waals surface area contributed by atoms with Crippen LogP contribution in [0.25, 0.3) is 0 Å². The summed E-state index contributed by atoms with van der Waals surface area (Å²) in [7, 11) is 0. The standard InChI is InChI=1S/C13H23N/c1-2-13(9-5-3-6-10-13)14-11-7-4-8-12-14/h2H,1,3-12H2. The number of hydrogen-bond donors (Lipinski definition) is 0. The Morgan fingerprint density at radius 1 is 0.857 bits per heavy atom. The maximum Gasteiger partial charge on any atom is 0.0388 e. The van der Waals surface area contributed by atoms with E-state index in [1.165, 1.54) is 64.5 Å². The summed E-state index contributed by atoms with van der Waals surface area (Å²) in [6.45, 7) is 6.71. The van der Waals surface area contributed by atoms with Crippen molar-refractivity contribution in [2.45, 2.75) is 56.9 Å². The maximum absolute atomic E-state index is 4.09. The summed E-state index contributed by atoms with van der Waals surface area (Å²) >= 11 is 0. The summed E-state index contributed by atoms with van der Waals surface area (Å²) in [5, 5.41) is 0. The lowest BCUT2D eigenvalue weighted by atomic mass is 9.79. The molecule has 0 spiro atoms. The molecule has 1 saturated carbocycles. The molecule has 14 heavy (non-hydrogen) atoms. The molecule has 2 rings (SSSR count). The fourth-order valence-corrected chi connectivity index (χ4v) is 3.15. The first-order valence-electron chi connectivity index (χ1n) is 6.26. The fourth-order valence-electron chi connectivity index (χ4n) is 3.15. The molecule has 1 nitrogen and oxygen atoms in total. The van der Waals surface area contributed by atoms with Gasteiger partial charge in [-0.3, -0.25) is 4.90 Å². The second kappa shape index (κ2) is 4.48. The van der Waals surface area contributed by atoms with Crippen LogP contribution in [0.15, 0.2) is 12.7 Å². The zero-order valence-corrected chi connectivity index (χ0v) is 9.30. The van der Waals surface area contributed by atoms with E-state index in [0.717, 1.165) is 0 Å². The third kappa shape index (κ3) is 1.88. The number of hydrogen-bond acceptors (Lipinski definition) is 1. The Bertz CT molecular complexity index is 185. The molecule has 0 aromatic carbocycles. The second-order valence-electron chi connectivity index (χ2n) is 4.92. The predicted octanol–water partition coefficient (Wildman–Crippen LogP) is 3.36. The topological polar surface area (TPSA) is 3.24 Å². The minimum atomic E-state index is 0.388. The van der Waals surface area contributed by atoms with E-state index in [-0.39, 0.29) is 0 Å². The van der Waals surface area contributed by atoms with Crippen molar-refractivity contribution in [3.05, 3.63) is 12.7 Å². The number of nitrogens with zero attached hydrogens (tertiary/aromatic N) is 1. The van der Waals surface area contributed by atoms with Gasteiger partial charge in [-0.1, -0.05) is 31.8 Å². The van der Waals surface area contributed by atoms with Crippen molar-refractivity contribution < 1.29 is 0 Å². The van der Waals surface area contributed by atoms with Gasteiger partial charge in [-0.15, -0.1) is 6.58 Å². The van der Waals surface area contributed by atoms with Gasteiger partial charge in [-0.2, -0.15) is 0 Å². The Balaban J connectivity index is 2.04. The van der Waals surface area contributed by atoms with Crippen LogP contribution in [-0.2, 0) is 0 Å². The quantitative estimate of drug-likeness (QED) is 0.608. The van der Waals surface area contributed by atoms with E-state index in [1.807, 2.05) is 0 Å². The van der Waals surface area contributed by atoms with Gasteiger partial charge in [0.25, 0.3) is 0 Å². The fraction of sp³-hybridized carbons (Fsp3) is 0.846. The molecular formula is C13H23N. The monoisotopic (exact) mass is 193 g/mol. The zero-order valence-electron chi connectivity index (χ0n) is 9.30. The van der Waals surface area contributed by atoms with Crippen LogP contribution in [0.2, 0.25) is 0 Å². The molecule has 0 atom stereocenters. The van der Waals surface area contributed by atoms with Crippen LogP contribution in [-0.4, -0.2) is 23.5 Å². The smallest absolute Gasteiger partial charge is 0.0388 e. The molecule has 80 valence electrons. The summed E-state index contributed by atoms with van der Waals surface area (Å²) in [6.07, 6.45) is 13.4. The summed E-state index contributed by atoms with van der Waals surface area (Å²) in [5.74, 6) is 0. The average molecular weight is 193 g/mol. The molecule has 1 aliphatic heterocycles. The average Bonchev–Trinajstić information content (AvgIpc) is 2.31. The molecule has 0 N–H and O–H groups in total.